The highest BCUT2D eigenvalue weighted by molar-refractivity contribution is 7.90. The summed E-state index contributed by atoms with van der Waals surface area (Å²) in [6.45, 7) is 10.8. The fourth-order valence-electron chi connectivity index (χ4n) is 4.61. The lowest BCUT2D eigenvalue weighted by molar-refractivity contribution is -0.111. The SMILES string of the molecule is CCCCOCCOc1ccc(-c2cc(C)cc(/C=C/C(=O)Nc3ccc([S@+]([O-])Cc4c(C)ncn4CC)cc3)c2)cc1. The number of rotatable bonds is 15. The van der Waals surface area contributed by atoms with E-state index in [1.165, 1.54) is 6.08 Å². The van der Waals surface area contributed by atoms with Gasteiger partial charge in [0.1, 0.15) is 12.4 Å². The van der Waals surface area contributed by atoms with Crippen molar-refractivity contribution in [1.82, 2.24) is 9.55 Å². The first kappa shape index (κ1) is 32.1. The average molecular weight is 600 g/mol. The van der Waals surface area contributed by atoms with Gasteiger partial charge < -0.3 is 23.9 Å². The van der Waals surface area contributed by atoms with Crippen LogP contribution in [0.4, 0.5) is 5.69 Å². The van der Waals surface area contributed by atoms with Crippen LogP contribution in [0.15, 0.2) is 84.0 Å². The van der Waals surface area contributed by atoms with E-state index in [1.54, 1.807) is 30.6 Å². The Labute approximate surface area is 258 Å². The molecule has 0 saturated carbocycles. The number of nitrogens with one attached hydrogen (secondary N) is 1. The number of ether oxygens (including phenoxy) is 2. The number of aryl methyl sites for hydroxylation is 3. The Balaban J connectivity index is 1.31. The molecule has 0 aliphatic rings. The highest BCUT2D eigenvalue weighted by Gasteiger charge is 2.17. The van der Waals surface area contributed by atoms with E-state index in [9.17, 15) is 9.35 Å². The maximum Gasteiger partial charge on any atom is 0.248 e. The molecule has 1 heterocycles. The summed E-state index contributed by atoms with van der Waals surface area (Å²) in [5.74, 6) is 0.976. The lowest BCUT2D eigenvalue weighted by atomic mass is 10.00. The highest BCUT2D eigenvalue weighted by Crippen LogP contribution is 2.26. The van der Waals surface area contributed by atoms with Crippen molar-refractivity contribution in [2.45, 2.75) is 57.7 Å². The predicted molar refractivity (Wildman–Crippen MR) is 175 cm³/mol. The number of carbonyl (C=O) groups is 1. The molecule has 0 aliphatic heterocycles. The molecule has 4 aromatic rings. The van der Waals surface area contributed by atoms with Crippen molar-refractivity contribution >= 4 is 28.8 Å². The number of carbonyl (C=O) groups excluding carboxylic acids is 1. The maximum atomic E-state index is 12.9. The van der Waals surface area contributed by atoms with E-state index in [0.29, 0.717) is 29.5 Å². The minimum atomic E-state index is -1.21. The van der Waals surface area contributed by atoms with Crippen molar-refractivity contribution in [3.05, 3.63) is 102 Å². The number of hydrogen-bond donors (Lipinski definition) is 1. The Bertz CT molecular complexity index is 1500. The van der Waals surface area contributed by atoms with Crippen molar-refractivity contribution in [2.24, 2.45) is 0 Å². The minimum absolute atomic E-state index is 0.237. The summed E-state index contributed by atoms with van der Waals surface area (Å²) in [5.41, 5.74) is 6.69. The van der Waals surface area contributed by atoms with Gasteiger partial charge in [-0.2, -0.15) is 0 Å². The smallest absolute Gasteiger partial charge is 0.248 e. The van der Waals surface area contributed by atoms with Gasteiger partial charge in [-0.25, -0.2) is 4.98 Å². The van der Waals surface area contributed by atoms with Crippen LogP contribution in [0.2, 0.25) is 0 Å². The van der Waals surface area contributed by atoms with Crippen molar-refractivity contribution in [1.29, 1.82) is 0 Å². The molecule has 1 atom stereocenters. The molecule has 0 bridgehead atoms. The normalized spacial score (nSPS) is 12.0. The van der Waals surface area contributed by atoms with E-state index in [-0.39, 0.29) is 5.91 Å². The first-order valence-electron chi connectivity index (χ1n) is 14.8. The summed E-state index contributed by atoms with van der Waals surface area (Å²) in [7, 11) is 0. The summed E-state index contributed by atoms with van der Waals surface area (Å²) in [4.78, 5) is 17.7. The molecule has 7 nitrogen and oxygen atoms in total. The van der Waals surface area contributed by atoms with Gasteiger partial charge in [0.15, 0.2) is 10.6 Å². The Morgan fingerprint density at radius 2 is 1.74 bits per heavy atom. The summed E-state index contributed by atoms with van der Waals surface area (Å²) in [6, 6.07) is 21.4. The van der Waals surface area contributed by atoms with Crippen LogP contribution in [-0.2, 0) is 33.0 Å². The minimum Gasteiger partial charge on any atom is -0.611 e. The fourth-order valence-corrected chi connectivity index (χ4v) is 5.84. The van der Waals surface area contributed by atoms with Gasteiger partial charge in [-0.15, -0.1) is 0 Å². The van der Waals surface area contributed by atoms with E-state index in [1.807, 2.05) is 61.7 Å². The lowest BCUT2D eigenvalue weighted by Gasteiger charge is -2.13. The average Bonchev–Trinajstić information content (AvgIpc) is 3.36. The molecule has 0 aliphatic carbocycles. The van der Waals surface area contributed by atoms with Gasteiger partial charge in [-0.1, -0.05) is 37.6 Å². The second-order valence-corrected chi connectivity index (χ2v) is 11.8. The molecule has 1 N–H and O–H groups in total. The molecule has 0 fully saturated rings. The predicted octanol–water partition coefficient (Wildman–Crippen LogP) is 7.34. The number of hydrogen-bond acceptors (Lipinski definition) is 5. The third-order valence-electron chi connectivity index (χ3n) is 7.00. The van der Waals surface area contributed by atoms with Gasteiger partial charge in [0.05, 0.1) is 24.3 Å². The van der Waals surface area contributed by atoms with Crippen LogP contribution in [0.5, 0.6) is 5.75 Å². The number of aromatic nitrogens is 2. The van der Waals surface area contributed by atoms with E-state index in [4.69, 9.17) is 9.47 Å². The van der Waals surface area contributed by atoms with E-state index in [0.717, 1.165) is 65.4 Å². The zero-order valence-corrected chi connectivity index (χ0v) is 26.3. The van der Waals surface area contributed by atoms with Gasteiger partial charge in [0.2, 0.25) is 5.91 Å². The molecule has 3 aromatic carbocycles. The van der Waals surface area contributed by atoms with Crippen molar-refractivity contribution < 1.29 is 18.8 Å². The molecule has 4 rings (SSSR count). The topological polar surface area (TPSA) is 88.4 Å². The molecule has 226 valence electrons. The third kappa shape index (κ3) is 9.58. The van der Waals surface area contributed by atoms with Crippen LogP contribution in [0.25, 0.3) is 17.2 Å². The van der Waals surface area contributed by atoms with Crippen molar-refractivity contribution in [3.8, 4) is 16.9 Å². The number of unbranched alkanes of at least 4 members (excludes halogenated alkanes) is 1. The first-order chi connectivity index (χ1) is 20.9. The number of anilines is 1. The van der Waals surface area contributed by atoms with Crippen LogP contribution in [0.1, 0.15) is 49.2 Å². The molecule has 0 radical (unpaired) electrons. The number of nitrogens with zero attached hydrogens (tertiary/aromatic N) is 2. The molecular formula is C35H41N3O4S. The molecular weight excluding hydrogens is 558 g/mol. The van der Waals surface area contributed by atoms with Crippen LogP contribution in [0, 0.1) is 13.8 Å². The van der Waals surface area contributed by atoms with Gasteiger partial charge in [-0.05, 0) is 109 Å². The van der Waals surface area contributed by atoms with E-state index in [2.05, 4.69) is 29.4 Å². The standard InChI is InChI=1S/C35H41N3O4S/c1-5-7-18-41-19-20-42-32-13-9-29(10-14-32)30-22-26(3)21-28(23-30)8-17-35(39)37-31-11-15-33(16-12-31)43(40)24-34-27(4)36-25-38(34)6-2/h8-17,21-23,25H,5-7,18-20,24H2,1-4H3,(H,37,39)/b17-8+/t43-/m1/s1. The lowest BCUT2D eigenvalue weighted by Crippen LogP contribution is -2.11. The summed E-state index contributed by atoms with van der Waals surface area (Å²) < 4.78 is 26.3. The second kappa shape index (κ2) is 16.1. The Hall–Kier alpha value is -3.85. The summed E-state index contributed by atoms with van der Waals surface area (Å²) in [5, 5.41) is 2.89. The largest absolute Gasteiger partial charge is 0.611 e. The maximum absolute atomic E-state index is 12.9. The Morgan fingerprint density at radius 3 is 2.47 bits per heavy atom. The van der Waals surface area contributed by atoms with E-state index < -0.39 is 11.2 Å². The van der Waals surface area contributed by atoms with Crippen LogP contribution < -0.4 is 10.1 Å². The van der Waals surface area contributed by atoms with Gasteiger partial charge in [0.25, 0.3) is 0 Å². The summed E-state index contributed by atoms with van der Waals surface area (Å²) >= 11 is -1.21. The number of amides is 1. The molecule has 0 unspecified atom stereocenters. The van der Waals surface area contributed by atoms with Crippen molar-refractivity contribution in [3.63, 3.8) is 0 Å². The fraction of sp³-hybridized carbons (Fsp3) is 0.314. The third-order valence-corrected chi connectivity index (χ3v) is 8.34. The molecule has 43 heavy (non-hydrogen) atoms. The number of benzene rings is 3. The van der Waals surface area contributed by atoms with Crippen LogP contribution >= 0.6 is 0 Å². The molecule has 1 amide bonds. The van der Waals surface area contributed by atoms with Crippen LogP contribution in [-0.4, -0.2) is 39.8 Å². The second-order valence-electron chi connectivity index (χ2n) is 10.4. The zero-order chi connectivity index (χ0) is 30.6. The van der Waals surface area contributed by atoms with Gasteiger partial charge in [0, 0.05) is 24.9 Å². The van der Waals surface area contributed by atoms with Gasteiger partial charge in [-0.3, -0.25) is 4.79 Å². The quantitative estimate of drug-likeness (QED) is 0.0877. The zero-order valence-electron chi connectivity index (χ0n) is 25.5. The molecule has 8 heteroatoms. The molecule has 0 saturated heterocycles. The molecule has 0 spiro atoms. The van der Waals surface area contributed by atoms with E-state index >= 15 is 0 Å². The molecule has 1 aromatic heterocycles. The van der Waals surface area contributed by atoms with Crippen molar-refractivity contribution in [2.75, 3.05) is 25.1 Å². The van der Waals surface area contributed by atoms with Gasteiger partial charge >= 0.3 is 0 Å². The Kier molecular flexibility index (Phi) is 12.0. The Morgan fingerprint density at radius 1 is 0.977 bits per heavy atom. The van der Waals surface area contributed by atoms with Crippen LogP contribution in [0.3, 0.4) is 0 Å². The number of imidazole rings is 1. The first-order valence-corrected chi connectivity index (χ1v) is 16.1. The summed E-state index contributed by atoms with van der Waals surface area (Å²) in [6.07, 6.45) is 7.31. The monoisotopic (exact) mass is 599 g/mol. The highest BCUT2D eigenvalue weighted by atomic mass is 32.2.